The second-order valence-corrected chi connectivity index (χ2v) is 12.1. The fourth-order valence-corrected chi connectivity index (χ4v) is 6.03. The average molecular weight is 655 g/mol. The fraction of sp³-hybridized carbons (Fsp3) is 0.0857. The molecular formula is C35H28F2N4O3S2. The van der Waals surface area contributed by atoms with Crippen molar-refractivity contribution in [3.05, 3.63) is 137 Å². The van der Waals surface area contributed by atoms with Crippen LogP contribution in [0, 0.1) is 11.6 Å². The summed E-state index contributed by atoms with van der Waals surface area (Å²) < 4.78 is 27.7. The first-order valence-electron chi connectivity index (χ1n) is 14.2. The van der Waals surface area contributed by atoms with E-state index in [2.05, 4.69) is 20.9 Å². The predicted molar refractivity (Wildman–Crippen MR) is 179 cm³/mol. The van der Waals surface area contributed by atoms with Crippen molar-refractivity contribution in [1.82, 2.24) is 10.3 Å². The maximum Gasteiger partial charge on any atom is 0.272 e. The predicted octanol–water partition coefficient (Wildman–Crippen LogP) is 8.01. The number of nitrogens with zero attached hydrogens (tertiary/aromatic N) is 1. The number of rotatable bonds is 11. The number of thioether (sulfide) groups is 1. The number of amides is 3. The molecule has 0 bridgehead atoms. The minimum Gasteiger partial charge on any atom is -0.321 e. The maximum absolute atomic E-state index is 14.5. The lowest BCUT2D eigenvalue weighted by molar-refractivity contribution is -0.116. The number of carbonyl (C=O) groups excluding carboxylic acids is 3. The lowest BCUT2D eigenvalue weighted by atomic mass is 10.1. The first-order valence-corrected chi connectivity index (χ1v) is 16.0. The minimum absolute atomic E-state index is 0.132. The van der Waals surface area contributed by atoms with E-state index in [0.29, 0.717) is 28.5 Å². The highest BCUT2D eigenvalue weighted by atomic mass is 32.2. The average Bonchev–Trinajstić information content (AvgIpc) is 3.53. The van der Waals surface area contributed by atoms with E-state index in [1.165, 1.54) is 59.5 Å². The number of carbonyl (C=O) groups is 3. The second-order valence-electron chi connectivity index (χ2n) is 9.93. The van der Waals surface area contributed by atoms with Crippen molar-refractivity contribution in [2.45, 2.75) is 23.5 Å². The summed E-state index contributed by atoms with van der Waals surface area (Å²) in [6, 6.07) is 27.2. The van der Waals surface area contributed by atoms with Crippen LogP contribution in [0.4, 0.5) is 19.6 Å². The van der Waals surface area contributed by atoms with E-state index < -0.39 is 22.9 Å². The van der Waals surface area contributed by atoms with Gasteiger partial charge in [0.2, 0.25) is 5.91 Å². The van der Waals surface area contributed by atoms with Crippen LogP contribution in [0.15, 0.2) is 119 Å². The van der Waals surface area contributed by atoms with Crippen molar-refractivity contribution < 1.29 is 23.2 Å². The number of halogens is 2. The van der Waals surface area contributed by atoms with Crippen LogP contribution >= 0.6 is 23.1 Å². The minimum atomic E-state index is -0.653. The summed E-state index contributed by atoms with van der Waals surface area (Å²) in [5.74, 6) is -2.30. The molecular weight excluding hydrogens is 627 g/mol. The zero-order chi connectivity index (χ0) is 32.5. The van der Waals surface area contributed by atoms with Crippen LogP contribution < -0.4 is 16.0 Å². The van der Waals surface area contributed by atoms with E-state index in [9.17, 15) is 23.2 Å². The third-order valence-corrected chi connectivity index (χ3v) is 8.76. The number of nitrogens with one attached hydrogen (secondary N) is 3. The van der Waals surface area contributed by atoms with E-state index in [-0.39, 0.29) is 23.0 Å². The highest BCUT2D eigenvalue weighted by Crippen LogP contribution is 2.30. The summed E-state index contributed by atoms with van der Waals surface area (Å²) in [6.07, 6.45) is 1.80. The Hall–Kier alpha value is -5.13. The molecule has 0 aliphatic carbocycles. The molecule has 4 aromatic carbocycles. The Bertz CT molecular complexity index is 1880. The van der Waals surface area contributed by atoms with Gasteiger partial charge in [-0.3, -0.25) is 14.4 Å². The van der Waals surface area contributed by atoms with Crippen LogP contribution in [0.1, 0.15) is 29.3 Å². The largest absolute Gasteiger partial charge is 0.321 e. The molecule has 11 heteroatoms. The van der Waals surface area contributed by atoms with Crippen molar-refractivity contribution in [2.24, 2.45) is 0 Å². The van der Waals surface area contributed by atoms with E-state index >= 15 is 0 Å². The molecule has 5 rings (SSSR count). The van der Waals surface area contributed by atoms with Crippen molar-refractivity contribution in [2.75, 3.05) is 10.6 Å². The Morgan fingerprint density at radius 3 is 2.37 bits per heavy atom. The van der Waals surface area contributed by atoms with Gasteiger partial charge in [-0.05, 0) is 73.2 Å². The van der Waals surface area contributed by atoms with Gasteiger partial charge in [0, 0.05) is 32.7 Å². The first-order chi connectivity index (χ1) is 22.3. The van der Waals surface area contributed by atoms with E-state index in [1.54, 1.807) is 72.1 Å². The van der Waals surface area contributed by atoms with Crippen molar-refractivity contribution >= 4 is 57.7 Å². The smallest absolute Gasteiger partial charge is 0.272 e. The van der Waals surface area contributed by atoms with Crippen LogP contribution in [0.5, 0.6) is 0 Å². The molecule has 5 aromatic rings. The summed E-state index contributed by atoms with van der Waals surface area (Å²) in [5.41, 5.74) is 2.11. The van der Waals surface area contributed by atoms with Gasteiger partial charge in [0.05, 0.1) is 10.9 Å². The van der Waals surface area contributed by atoms with Gasteiger partial charge in [-0.2, -0.15) is 0 Å². The third kappa shape index (κ3) is 8.52. The highest BCUT2D eigenvalue weighted by Gasteiger charge is 2.21. The maximum atomic E-state index is 14.5. The van der Waals surface area contributed by atoms with Gasteiger partial charge in [0.1, 0.15) is 17.3 Å². The normalized spacial score (nSPS) is 11.8. The molecule has 0 fully saturated rings. The summed E-state index contributed by atoms with van der Waals surface area (Å²) >= 11 is 2.60. The number of benzene rings is 4. The second kappa shape index (κ2) is 15.2. The Labute approximate surface area is 272 Å². The van der Waals surface area contributed by atoms with Gasteiger partial charge in [0.15, 0.2) is 5.13 Å². The van der Waals surface area contributed by atoms with Crippen LogP contribution in [0.3, 0.4) is 0 Å². The van der Waals surface area contributed by atoms with E-state index in [1.807, 2.05) is 13.0 Å². The molecule has 232 valence electrons. The van der Waals surface area contributed by atoms with E-state index in [4.69, 9.17) is 0 Å². The highest BCUT2D eigenvalue weighted by molar-refractivity contribution is 8.00. The third-order valence-electron chi connectivity index (χ3n) is 6.64. The number of hydrogen-bond acceptors (Lipinski definition) is 6. The Balaban J connectivity index is 1.28. The molecule has 7 nitrogen and oxygen atoms in total. The zero-order valence-electron chi connectivity index (χ0n) is 24.5. The molecule has 1 unspecified atom stereocenters. The first kappa shape index (κ1) is 32.3. The van der Waals surface area contributed by atoms with Gasteiger partial charge >= 0.3 is 0 Å². The number of hydrogen-bond donors (Lipinski definition) is 3. The molecule has 0 spiro atoms. The summed E-state index contributed by atoms with van der Waals surface area (Å²) in [5, 5.41) is 9.99. The van der Waals surface area contributed by atoms with Crippen molar-refractivity contribution in [3.8, 4) is 11.3 Å². The topological polar surface area (TPSA) is 100 Å². The Morgan fingerprint density at radius 1 is 0.891 bits per heavy atom. The molecule has 3 N–H and O–H groups in total. The van der Waals surface area contributed by atoms with Gasteiger partial charge in [-0.25, -0.2) is 13.8 Å². The molecule has 3 amide bonds. The van der Waals surface area contributed by atoms with Gasteiger partial charge in [0.25, 0.3) is 11.8 Å². The molecule has 46 heavy (non-hydrogen) atoms. The molecule has 0 aliphatic rings. The number of anilines is 2. The van der Waals surface area contributed by atoms with Crippen LogP contribution in [0.2, 0.25) is 0 Å². The molecule has 0 saturated carbocycles. The standard InChI is InChI=1S/C35H28F2N4O3S2/c1-2-31(34(44)41-35-40-30(21-45-35)22-15-17-25(36)18-16-22)46-27-13-8-12-26(20-27)38-33(43)29(19-24-11-6-7-14-28(24)37)39-32(42)23-9-4-3-5-10-23/h3-21,31H,2H2,1H3,(H,38,43)(H,39,42)(H,40,41,44)/b29-19-. The zero-order valence-corrected chi connectivity index (χ0v) is 26.1. The van der Waals surface area contributed by atoms with Gasteiger partial charge in [-0.1, -0.05) is 49.4 Å². The van der Waals surface area contributed by atoms with Crippen LogP contribution in [-0.4, -0.2) is 28.0 Å². The number of thiazole rings is 1. The molecule has 1 atom stereocenters. The Morgan fingerprint density at radius 2 is 1.63 bits per heavy atom. The molecule has 1 aromatic heterocycles. The summed E-state index contributed by atoms with van der Waals surface area (Å²) in [7, 11) is 0. The summed E-state index contributed by atoms with van der Waals surface area (Å²) in [4.78, 5) is 44.6. The van der Waals surface area contributed by atoms with Crippen molar-refractivity contribution in [1.29, 1.82) is 0 Å². The Kier molecular flexibility index (Phi) is 10.7. The molecule has 1 heterocycles. The molecule has 0 radical (unpaired) electrons. The summed E-state index contributed by atoms with van der Waals surface area (Å²) in [6.45, 7) is 1.89. The fourth-order valence-electron chi connectivity index (χ4n) is 4.29. The lowest BCUT2D eigenvalue weighted by Crippen LogP contribution is -2.30. The lowest BCUT2D eigenvalue weighted by Gasteiger charge is -2.15. The van der Waals surface area contributed by atoms with Crippen LogP contribution in [-0.2, 0) is 9.59 Å². The van der Waals surface area contributed by atoms with Crippen molar-refractivity contribution in [3.63, 3.8) is 0 Å². The number of aromatic nitrogens is 1. The SMILES string of the molecule is CCC(Sc1cccc(NC(=O)/C(=C/c2ccccc2F)NC(=O)c2ccccc2)c1)C(=O)Nc1nc(-c2ccc(F)cc2)cs1. The van der Waals surface area contributed by atoms with E-state index in [0.717, 1.165) is 10.5 Å². The monoisotopic (exact) mass is 654 g/mol. The van der Waals surface area contributed by atoms with Gasteiger partial charge < -0.3 is 16.0 Å². The molecule has 0 aliphatic heterocycles. The molecule has 0 saturated heterocycles. The quantitative estimate of drug-likeness (QED) is 0.0990. The van der Waals surface area contributed by atoms with Gasteiger partial charge in [-0.15, -0.1) is 23.1 Å². The van der Waals surface area contributed by atoms with Crippen LogP contribution in [0.25, 0.3) is 17.3 Å².